The molecule has 1 atom stereocenters. The fraction of sp³-hybridized carbons (Fsp3) is 0.261. The number of anilines is 2. The van der Waals surface area contributed by atoms with E-state index in [4.69, 9.17) is 4.74 Å². The number of carbonyl (C=O) groups is 3. The van der Waals surface area contributed by atoms with E-state index in [0.29, 0.717) is 16.9 Å². The summed E-state index contributed by atoms with van der Waals surface area (Å²) in [7, 11) is 1.60. The molecule has 0 unspecified atom stereocenters. The molecule has 0 saturated carbocycles. The highest BCUT2D eigenvalue weighted by Crippen LogP contribution is 2.31. The van der Waals surface area contributed by atoms with Gasteiger partial charge in [0, 0.05) is 25.1 Å². The molecule has 30 heavy (non-hydrogen) atoms. The maximum absolute atomic E-state index is 13.2. The topological polar surface area (TPSA) is 79.0 Å². The van der Waals surface area contributed by atoms with Gasteiger partial charge in [-0.05, 0) is 31.2 Å². The second-order valence-corrected chi connectivity index (χ2v) is 7.54. The Morgan fingerprint density at radius 1 is 1.17 bits per heavy atom. The molecule has 0 spiro atoms. The van der Waals surface area contributed by atoms with Crippen molar-refractivity contribution in [1.29, 1.82) is 0 Å². The van der Waals surface area contributed by atoms with Crippen molar-refractivity contribution in [3.8, 4) is 5.75 Å². The van der Waals surface area contributed by atoms with Crippen LogP contribution in [0.1, 0.15) is 18.9 Å². The molecule has 7 nitrogen and oxygen atoms in total. The minimum Gasteiger partial charge on any atom is -0.488 e. The number of fused-ring (bicyclic) bond motifs is 2. The summed E-state index contributed by atoms with van der Waals surface area (Å²) in [6, 6.07) is 14.4. The Balaban J connectivity index is 1.53. The van der Waals surface area contributed by atoms with Crippen molar-refractivity contribution in [2.24, 2.45) is 0 Å². The van der Waals surface area contributed by atoms with Crippen LogP contribution in [0.25, 0.3) is 6.08 Å². The third kappa shape index (κ3) is 3.78. The van der Waals surface area contributed by atoms with Gasteiger partial charge in [0.2, 0.25) is 11.8 Å². The van der Waals surface area contributed by atoms with Crippen LogP contribution in [0.4, 0.5) is 11.4 Å². The lowest BCUT2D eigenvalue weighted by Crippen LogP contribution is -2.46. The number of hydrogen-bond acceptors (Lipinski definition) is 4. The predicted molar refractivity (Wildman–Crippen MR) is 114 cm³/mol. The van der Waals surface area contributed by atoms with Crippen LogP contribution < -0.4 is 15.0 Å². The summed E-state index contributed by atoms with van der Waals surface area (Å²) in [6.07, 6.45) is 1.99. The number of rotatable bonds is 3. The monoisotopic (exact) mass is 405 g/mol. The molecule has 2 aliphatic heterocycles. The molecule has 2 aromatic rings. The lowest BCUT2D eigenvalue weighted by Gasteiger charge is -2.30. The molecule has 1 N–H and O–H groups in total. The SMILES string of the molecule is C[C@H]1CC(=O)Nc2ccccc2N1C(=O)CN(C)C(=O)C1=Cc2ccccc2OC1. The number of benzene rings is 2. The van der Waals surface area contributed by atoms with Crippen LogP contribution >= 0.6 is 0 Å². The third-order valence-electron chi connectivity index (χ3n) is 5.25. The molecule has 0 fully saturated rings. The lowest BCUT2D eigenvalue weighted by molar-refractivity contribution is -0.131. The highest BCUT2D eigenvalue weighted by Gasteiger charge is 2.31. The smallest absolute Gasteiger partial charge is 0.253 e. The van der Waals surface area contributed by atoms with Gasteiger partial charge in [-0.15, -0.1) is 0 Å². The molecule has 0 saturated heterocycles. The van der Waals surface area contributed by atoms with Crippen LogP contribution in [0.2, 0.25) is 0 Å². The van der Waals surface area contributed by atoms with E-state index < -0.39 is 0 Å². The molecule has 4 rings (SSSR count). The molecule has 0 aliphatic carbocycles. The van der Waals surface area contributed by atoms with Crippen LogP contribution in [-0.4, -0.2) is 48.9 Å². The average Bonchev–Trinajstić information content (AvgIpc) is 2.86. The first-order valence-corrected chi connectivity index (χ1v) is 9.83. The summed E-state index contributed by atoms with van der Waals surface area (Å²) in [6.45, 7) is 1.89. The minimum atomic E-state index is -0.325. The van der Waals surface area contributed by atoms with E-state index in [2.05, 4.69) is 5.32 Å². The van der Waals surface area contributed by atoms with Gasteiger partial charge in [-0.2, -0.15) is 0 Å². The summed E-state index contributed by atoms with van der Waals surface area (Å²) in [5.74, 6) is 0.0839. The Hall–Kier alpha value is -3.61. The fourth-order valence-corrected chi connectivity index (χ4v) is 3.80. The molecule has 3 amide bonds. The van der Waals surface area contributed by atoms with Gasteiger partial charge < -0.3 is 19.9 Å². The van der Waals surface area contributed by atoms with E-state index >= 15 is 0 Å². The minimum absolute atomic E-state index is 0.106. The van der Waals surface area contributed by atoms with Crippen LogP contribution in [0.15, 0.2) is 54.1 Å². The molecule has 0 radical (unpaired) electrons. The number of amides is 3. The van der Waals surface area contributed by atoms with Crippen molar-refractivity contribution in [2.75, 3.05) is 30.4 Å². The number of hydrogen-bond donors (Lipinski definition) is 1. The van der Waals surface area contributed by atoms with Gasteiger partial charge in [0.05, 0.1) is 16.9 Å². The highest BCUT2D eigenvalue weighted by molar-refractivity contribution is 6.07. The van der Waals surface area contributed by atoms with Crippen LogP contribution in [0.3, 0.4) is 0 Å². The van der Waals surface area contributed by atoms with E-state index in [9.17, 15) is 14.4 Å². The second kappa shape index (κ2) is 8.02. The number of likely N-dealkylation sites (N-methyl/N-ethyl adjacent to an activating group) is 1. The molecule has 0 bridgehead atoms. The molecular formula is C23H23N3O4. The number of ether oxygens (including phenoxy) is 1. The van der Waals surface area contributed by atoms with Gasteiger partial charge in [0.15, 0.2) is 0 Å². The van der Waals surface area contributed by atoms with Crippen LogP contribution in [0, 0.1) is 0 Å². The summed E-state index contributed by atoms with van der Waals surface area (Å²) >= 11 is 0. The van der Waals surface area contributed by atoms with Crippen LogP contribution in [-0.2, 0) is 14.4 Å². The van der Waals surface area contributed by atoms with Gasteiger partial charge in [-0.25, -0.2) is 0 Å². The number of nitrogens with one attached hydrogen (secondary N) is 1. The Kier molecular flexibility index (Phi) is 5.27. The Bertz CT molecular complexity index is 1050. The summed E-state index contributed by atoms with van der Waals surface area (Å²) in [5, 5.41) is 2.84. The zero-order valence-corrected chi connectivity index (χ0v) is 16.9. The van der Waals surface area contributed by atoms with E-state index in [0.717, 1.165) is 11.3 Å². The standard InChI is InChI=1S/C23H23N3O4/c1-15-11-21(27)24-18-8-4-5-9-19(18)26(15)22(28)13-25(2)23(29)17-12-16-7-3-6-10-20(16)30-14-17/h3-10,12,15H,11,13-14H2,1-2H3,(H,24,27)/t15-/m0/s1. The Morgan fingerprint density at radius 2 is 1.90 bits per heavy atom. The quantitative estimate of drug-likeness (QED) is 0.852. The van der Waals surface area contributed by atoms with Gasteiger partial charge >= 0.3 is 0 Å². The Morgan fingerprint density at radius 3 is 2.73 bits per heavy atom. The van der Waals surface area contributed by atoms with E-state index in [-0.39, 0.29) is 43.3 Å². The van der Waals surface area contributed by atoms with Crippen molar-refractivity contribution in [3.05, 3.63) is 59.7 Å². The fourth-order valence-electron chi connectivity index (χ4n) is 3.80. The van der Waals surface area contributed by atoms with Gasteiger partial charge in [0.1, 0.15) is 18.9 Å². The average molecular weight is 405 g/mol. The Labute approximate surface area is 174 Å². The first kappa shape index (κ1) is 19.7. The first-order chi connectivity index (χ1) is 14.4. The van der Waals surface area contributed by atoms with Crippen molar-refractivity contribution >= 4 is 35.2 Å². The molecule has 2 heterocycles. The molecule has 154 valence electrons. The number of carbonyl (C=O) groups excluding carboxylic acids is 3. The number of nitrogens with zero attached hydrogens (tertiary/aromatic N) is 2. The van der Waals surface area contributed by atoms with Crippen molar-refractivity contribution in [2.45, 2.75) is 19.4 Å². The maximum Gasteiger partial charge on any atom is 0.253 e. The highest BCUT2D eigenvalue weighted by atomic mass is 16.5. The van der Waals surface area contributed by atoms with Gasteiger partial charge in [-0.1, -0.05) is 30.3 Å². The molecular weight excluding hydrogens is 382 g/mol. The number of para-hydroxylation sites is 3. The van der Waals surface area contributed by atoms with Gasteiger partial charge in [-0.3, -0.25) is 14.4 Å². The second-order valence-electron chi connectivity index (χ2n) is 7.54. The first-order valence-electron chi connectivity index (χ1n) is 9.83. The van der Waals surface area contributed by atoms with Crippen LogP contribution in [0.5, 0.6) is 5.75 Å². The summed E-state index contributed by atoms with van der Waals surface area (Å²) in [5.41, 5.74) is 2.56. The molecule has 0 aromatic heterocycles. The van der Waals surface area contributed by atoms with Crippen molar-refractivity contribution < 1.29 is 19.1 Å². The molecule has 2 aromatic carbocycles. The van der Waals surface area contributed by atoms with E-state index in [1.165, 1.54) is 4.90 Å². The largest absolute Gasteiger partial charge is 0.488 e. The molecule has 2 aliphatic rings. The molecule has 7 heteroatoms. The van der Waals surface area contributed by atoms with E-state index in [1.807, 2.05) is 37.3 Å². The maximum atomic E-state index is 13.2. The van der Waals surface area contributed by atoms with E-state index in [1.54, 1.807) is 36.2 Å². The zero-order chi connectivity index (χ0) is 21.3. The predicted octanol–water partition coefficient (Wildman–Crippen LogP) is 2.68. The van der Waals surface area contributed by atoms with Crippen molar-refractivity contribution in [3.63, 3.8) is 0 Å². The zero-order valence-electron chi connectivity index (χ0n) is 16.9. The third-order valence-corrected chi connectivity index (χ3v) is 5.25. The van der Waals surface area contributed by atoms with Crippen molar-refractivity contribution in [1.82, 2.24) is 4.90 Å². The summed E-state index contributed by atoms with van der Waals surface area (Å²) in [4.78, 5) is 41.2. The van der Waals surface area contributed by atoms with Gasteiger partial charge in [0.25, 0.3) is 5.91 Å². The normalized spacial score (nSPS) is 17.5. The lowest BCUT2D eigenvalue weighted by atomic mass is 10.1. The summed E-state index contributed by atoms with van der Waals surface area (Å²) < 4.78 is 5.66.